The SMILES string of the molecule is Nc1ccc(Oc2ccccc2C(F)(F)F)c(CC2CO2)c1CC1CO1. The van der Waals surface area contributed by atoms with E-state index in [4.69, 9.17) is 19.9 Å². The van der Waals surface area contributed by atoms with Gasteiger partial charge in [-0.25, -0.2) is 0 Å². The fraction of sp³-hybridized carbons (Fsp3) is 0.368. The van der Waals surface area contributed by atoms with Gasteiger partial charge in [0.05, 0.1) is 31.0 Å². The van der Waals surface area contributed by atoms with Gasteiger partial charge in [0.25, 0.3) is 0 Å². The molecule has 2 heterocycles. The van der Waals surface area contributed by atoms with Gasteiger partial charge in [0.15, 0.2) is 0 Å². The molecule has 2 aliphatic rings. The van der Waals surface area contributed by atoms with Crippen LogP contribution >= 0.6 is 0 Å². The zero-order chi connectivity index (χ0) is 18.3. The third kappa shape index (κ3) is 3.78. The van der Waals surface area contributed by atoms with Crippen LogP contribution in [0.25, 0.3) is 0 Å². The number of benzene rings is 2. The summed E-state index contributed by atoms with van der Waals surface area (Å²) in [5.41, 5.74) is 7.56. The molecular weight excluding hydrogens is 347 g/mol. The van der Waals surface area contributed by atoms with Crippen LogP contribution in [0.4, 0.5) is 18.9 Å². The summed E-state index contributed by atoms with van der Waals surface area (Å²) < 4.78 is 56.1. The lowest BCUT2D eigenvalue weighted by atomic mass is 9.96. The van der Waals surface area contributed by atoms with Crippen LogP contribution in [0.2, 0.25) is 0 Å². The number of halogens is 3. The van der Waals surface area contributed by atoms with E-state index >= 15 is 0 Å². The average Bonchev–Trinajstić information content (AvgIpc) is 3.48. The van der Waals surface area contributed by atoms with Gasteiger partial charge >= 0.3 is 6.18 Å². The van der Waals surface area contributed by atoms with Crippen molar-refractivity contribution in [3.8, 4) is 11.5 Å². The molecule has 2 aromatic carbocycles. The Hall–Kier alpha value is -2.25. The molecule has 0 spiro atoms. The molecule has 0 aliphatic carbocycles. The summed E-state index contributed by atoms with van der Waals surface area (Å²) in [5, 5.41) is 0. The van der Waals surface area contributed by atoms with E-state index in [9.17, 15) is 13.2 Å². The largest absolute Gasteiger partial charge is 0.456 e. The molecule has 2 N–H and O–H groups in total. The monoisotopic (exact) mass is 365 g/mol. The standard InChI is InChI=1S/C19H18F3NO3/c20-19(21,22)15-3-1-2-4-18(15)26-17-6-5-16(23)13(7-11-9-24-11)14(17)8-12-10-25-12/h1-6,11-12H,7-10,23H2. The molecule has 4 rings (SSSR count). The highest BCUT2D eigenvalue weighted by Crippen LogP contribution is 2.41. The minimum Gasteiger partial charge on any atom is -0.456 e. The lowest BCUT2D eigenvalue weighted by Gasteiger charge is -2.19. The quantitative estimate of drug-likeness (QED) is 0.622. The van der Waals surface area contributed by atoms with Crippen molar-refractivity contribution in [1.82, 2.24) is 0 Å². The molecule has 0 amide bonds. The Morgan fingerprint density at radius 3 is 2.15 bits per heavy atom. The number of para-hydroxylation sites is 1. The van der Waals surface area contributed by atoms with Crippen LogP contribution in [-0.2, 0) is 28.5 Å². The molecule has 7 heteroatoms. The predicted octanol–water partition coefficient (Wildman–Crippen LogP) is 3.96. The molecule has 2 atom stereocenters. The van der Waals surface area contributed by atoms with E-state index in [1.165, 1.54) is 18.2 Å². The highest BCUT2D eigenvalue weighted by molar-refractivity contribution is 5.58. The third-order valence-electron chi connectivity index (χ3n) is 4.51. The molecular formula is C19H18F3NO3. The minimum atomic E-state index is -4.49. The summed E-state index contributed by atoms with van der Waals surface area (Å²) in [5.74, 6) is 0.151. The Morgan fingerprint density at radius 2 is 1.54 bits per heavy atom. The number of ether oxygens (including phenoxy) is 3. The maximum absolute atomic E-state index is 13.3. The number of alkyl halides is 3. The second-order valence-corrected chi connectivity index (χ2v) is 6.52. The van der Waals surface area contributed by atoms with E-state index in [-0.39, 0.29) is 18.0 Å². The van der Waals surface area contributed by atoms with E-state index in [0.29, 0.717) is 37.5 Å². The Balaban J connectivity index is 1.72. The smallest absolute Gasteiger partial charge is 0.419 e. The van der Waals surface area contributed by atoms with Gasteiger partial charge in [-0.3, -0.25) is 0 Å². The summed E-state index contributed by atoms with van der Waals surface area (Å²) in [6.45, 7) is 1.30. The highest BCUT2D eigenvalue weighted by atomic mass is 19.4. The lowest BCUT2D eigenvalue weighted by Crippen LogP contribution is -2.10. The van der Waals surface area contributed by atoms with Gasteiger partial charge in [0.2, 0.25) is 0 Å². The van der Waals surface area contributed by atoms with Crippen LogP contribution in [-0.4, -0.2) is 25.4 Å². The molecule has 4 nitrogen and oxygen atoms in total. The predicted molar refractivity (Wildman–Crippen MR) is 89.3 cm³/mol. The number of rotatable bonds is 6. The normalized spacial score (nSPS) is 21.5. The fourth-order valence-corrected chi connectivity index (χ4v) is 2.99. The number of nitrogen functional groups attached to an aromatic ring is 1. The molecule has 2 fully saturated rings. The molecule has 2 unspecified atom stereocenters. The maximum Gasteiger partial charge on any atom is 0.419 e. The Kier molecular flexibility index (Phi) is 4.28. The van der Waals surface area contributed by atoms with Crippen LogP contribution in [0.3, 0.4) is 0 Å². The summed E-state index contributed by atoms with van der Waals surface area (Å²) in [6.07, 6.45) is -3.16. The molecule has 2 aromatic rings. The molecule has 0 saturated carbocycles. The van der Waals surface area contributed by atoms with Crippen LogP contribution in [0.1, 0.15) is 16.7 Å². The van der Waals surface area contributed by atoms with Crippen molar-refractivity contribution in [2.24, 2.45) is 0 Å². The molecule has 2 saturated heterocycles. The fourth-order valence-electron chi connectivity index (χ4n) is 2.99. The van der Waals surface area contributed by atoms with E-state index in [1.54, 1.807) is 12.1 Å². The molecule has 26 heavy (non-hydrogen) atoms. The number of hydrogen-bond donors (Lipinski definition) is 1. The average molecular weight is 365 g/mol. The van der Waals surface area contributed by atoms with E-state index < -0.39 is 11.7 Å². The summed E-state index contributed by atoms with van der Waals surface area (Å²) in [7, 11) is 0. The molecule has 138 valence electrons. The zero-order valence-electron chi connectivity index (χ0n) is 13.9. The van der Waals surface area contributed by atoms with Crippen LogP contribution in [0.15, 0.2) is 36.4 Å². The second kappa shape index (κ2) is 6.48. The molecule has 0 aromatic heterocycles. The van der Waals surface area contributed by atoms with E-state index in [2.05, 4.69) is 0 Å². The third-order valence-corrected chi connectivity index (χ3v) is 4.51. The second-order valence-electron chi connectivity index (χ2n) is 6.52. The van der Waals surface area contributed by atoms with E-state index in [0.717, 1.165) is 17.2 Å². The first-order valence-corrected chi connectivity index (χ1v) is 8.39. The Labute approximate surface area is 148 Å². The van der Waals surface area contributed by atoms with Gasteiger partial charge in [-0.2, -0.15) is 13.2 Å². The van der Waals surface area contributed by atoms with Crippen molar-refractivity contribution in [2.45, 2.75) is 31.2 Å². The molecule has 0 radical (unpaired) electrons. The molecule has 2 aliphatic heterocycles. The number of hydrogen-bond acceptors (Lipinski definition) is 4. The maximum atomic E-state index is 13.3. The zero-order valence-corrected chi connectivity index (χ0v) is 13.9. The van der Waals surface area contributed by atoms with Crippen LogP contribution in [0, 0.1) is 0 Å². The first kappa shape index (κ1) is 17.2. The summed E-state index contributed by atoms with van der Waals surface area (Å²) in [6, 6.07) is 8.48. The Morgan fingerprint density at radius 1 is 0.923 bits per heavy atom. The van der Waals surface area contributed by atoms with Crippen LogP contribution < -0.4 is 10.5 Å². The topological polar surface area (TPSA) is 60.3 Å². The van der Waals surface area contributed by atoms with Crippen molar-refractivity contribution < 1.29 is 27.4 Å². The number of epoxide rings is 2. The van der Waals surface area contributed by atoms with Crippen LogP contribution in [0.5, 0.6) is 11.5 Å². The Bertz CT molecular complexity index is 814. The molecule has 0 bridgehead atoms. The van der Waals surface area contributed by atoms with Crippen molar-refractivity contribution >= 4 is 5.69 Å². The first-order valence-electron chi connectivity index (χ1n) is 8.39. The van der Waals surface area contributed by atoms with Gasteiger partial charge in [-0.15, -0.1) is 0 Å². The first-order chi connectivity index (χ1) is 12.4. The minimum absolute atomic E-state index is 0.0517. The van der Waals surface area contributed by atoms with Crippen molar-refractivity contribution in [3.05, 3.63) is 53.1 Å². The summed E-state index contributed by atoms with van der Waals surface area (Å²) >= 11 is 0. The van der Waals surface area contributed by atoms with Crippen molar-refractivity contribution in [3.63, 3.8) is 0 Å². The van der Waals surface area contributed by atoms with Gasteiger partial charge < -0.3 is 19.9 Å². The summed E-state index contributed by atoms with van der Waals surface area (Å²) in [4.78, 5) is 0. The highest BCUT2D eigenvalue weighted by Gasteiger charge is 2.35. The van der Waals surface area contributed by atoms with Gasteiger partial charge in [-0.1, -0.05) is 12.1 Å². The van der Waals surface area contributed by atoms with Gasteiger partial charge in [0, 0.05) is 24.1 Å². The van der Waals surface area contributed by atoms with E-state index in [1.807, 2.05) is 0 Å². The number of anilines is 1. The number of nitrogens with two attached hydrogens (primary N) is 1. The van der Waals surface area contributed by atoms with Gasteiger partial charge in [-0.05, 0) is 29.8 Å². The van der Waals surface area contributed by atoms with Crippen molar-refractivity contribution in [1.29, 1.82) is 0 Å². The lowest BCUT2D eigenvalue weighted by molar-refractivity contribution is -0.138. The van der Waals surface area contributed by atoms with Crippen molar-refractivity contribution in [2.75, 3.05) is 18.9 Å². The van der Waals surface area contributed by atoms with Gasteiger partial charge in [0.1, 0.15) is 11.5 Å².